The Morgan fingerprint density at radius 2 is 2.47 bits per heavy atom. The summed E-state index contributed by atoms with van der Waals surface area (Å²) in [5.41, 5.74) is 0. The van der Waals surface area contributed by atoms with Gasteiger partial charge in [0.2, 0.25) is 10.1 Å². The topological polar surface area (TPSA) is 76.1 Å². The molecule has 0 aromatic carbocycles. The number of aromatic nitrogens is 2. The van der Waals surface area contributed by atoms with Crippen LogP contribution in [0.1, 0.15) is 29.6 Å². The maximum absolute atomic E-state index is 11.7. The van der Waals surface area contributed by atoms with E-state index in [4.69, 9.17) is 4.74 Å². The highest BCUT2D eigenvalue weighted by Crippen LogP contribution is 2.15. The van der Waals surface area contributed by atoms with E-state index in [0.29, 0.717) is 16.7 Å². The van der Waals surface area contributed by atoms with Gasteiger partial charge in [0.15, 0.2) is 0 Å². The Labute approximate surface area is 104 Å². The molecular formula is C10H16N4O2S. The van der Waals surface area contributed by atoms with Crippen molar-refractivity contribution >= 4 is 22.4 Å². The van der Waals surface area contributed by atoms with Crippen LogP contribution in [-0.4, -0.2) is 41.9 Å². The zero-order valence-corrected chi connectivity index (χ0v) is 10.5. The minimum atomic E-state index is -0.179. The van der Waals surface area contributed by atoms with Crippen LogP contribution in [0.25, 0.3) is 0 Å². The summed E-state index contributed by atoms with van der Waals surface area (Å²) in [6, 6.07) is 0. The molecule has 0 bridgehead atoms. The minimum absolute atomic E-state index is 0.153. The minimum Gasteiger partial charge on any atom is -0.376 e. The highest BCUT2D eigenvalue weighted by molar-refractivity contribution is 7.17. The second-order valence-electron chi connectivity index (χ2n) is 3.79. The van der Waals surface area contributed by atoms with E-state index in [2.05, 4.69) is 20.8 Å². The molecule has 1 atom stereocenters. The molecule has 1 fully saturated rings. The summed E-state index contributed by atoms with van der Waals surface area (Å²) in [4.78, 5) is 11.7. The van der Waals surface area contributed by atoms with Crippen LogP contribution in [0.3, 0.4) is 0 Å². The number of carbonyl (C=O) groups excluding carboxylic acids is 1. The molecule has 0 aliphatic carbocycles. The first-order valence-corrected chi connectivity index (χ1v) is 6.58. The molecule has 6 nitrogen and oxygen atoms in total. The van der Waals surface area contributed by atoms with Gasteiger partial charge in [0.05, 0.1) is 6.10 Å². The van der Waals surface area contributed by atoms with Crippen molar-refractivity contribution in [1.29, 1.82) is 0 Å². The van der Waals surface area contributed by atoms with Crippen molar-refractivity contribution in [3.63, 3.8) is 0 Å². The molecule has 7 heteroatoms. The van der Waals surface area contributed by atoms with Crippen molar-refractivity contribution in [3.8, 4) is 0 Å². The van der Waals surface area contributed by atoms with Gasteiger partial charge in [0, 0.05) is 19.7 Å². The summed E-state index contributed by atoms with van der Waals surface area (Å²) in [5.74, 6) is -0.179. The lowest BCUT2D eigenvalue weighted by atomic mass is 10.2. The summed E-state index contributed by atoms with van der Waals surface area (Å²) in [6.45, 7) is 4.09. The van der Waals surface area contributed by atoms with Crippen LogP contribution < -0.4 is 10.6 Å². The van der Waals surface area contributed by atoms with Crippen molar-refractivity contribution in [2.45, 2.75) is 25.9 Å². The summed E-state index contributed by atoms with van der Waals surface area (Å²) in [7, 11) is 0. The molecule has 1 unspecified atom stereocenters. The molecule has 0 saturated carbocycles. The van der Waals surface area contributed by atoms with Crippen molar-refractivity contribution in [2.75, 3.05) is 25.0 Å². The fraction of sp³-hybridized carbons (Fsp3) is 0.700. The van der Waals surface area contributed by atoms with Crippen molar-refractivity contribution in [2.24, 2.45) is 0 Å². The monoisotopic (exact) mass is 256 g/mol. The third-order valence-corrected chi connectivity index (χ3v) is 3.34. The maximum atomic E-state index is 11.7. The third kappa shape index (κ3) is 3.37. The highest BCUT2D eigenvalue weighted by Gasteiger charge is 2.18. The van der Waals surface area contributed by atoms with E-state index >= 15 is 0 Å². The van der Waals surface area contributed by atoms with Gasteiger partial charge in [-0.15, -0.1) is 10.2 Å². The Bertz CT molecular complexity index is 376. The van der Waals surface area contributed by atoms with Gasteiger partial charge in [0.1, 0.15) is 0 Å². The molecule has 0 radical (unpaired) electrons. The molecule has 2 heterocycles. The van der Waals surface area contributed by atoms with Gasteiger partial charge in [-0.2, -0.15) is 0 Å². The molecular weight excluding hydrogens is 240 g/mol. The number of carbonyl (C=O) groups is 1. The molecule has 0 spiro atoms. The van der Waals surface area contributed by atoms with E-state index in [1.165, 1.54) is 11.3 Å². The van der Waals surface area contributed by atoms with Gasteiger partial charge in [-0.05, 0) is 19.8 Å². The van der Waals surface area contributed by atoms with E-state index in [-0.39, 0.29) is 12.0 Å². The van der Waals surface area contributed by atoms with Crippen LogP contribution in [-0.2, 0) is 4.74 Å². The molecule has 94 valence electrons. The van der Waals surface area contributed by atoms with Gasteiger partial charge >= 0.3 is 0 Å². The predicted molar refractivity (Wildman–Crippen MR) is 65.4 cm³/mol. The Kier molecular flexibility index (Phi) is 4.27. The summed E-state index contributed by atoms with van der Waals surface area (Å²) < 4.78 is 5.42. The van der Waals surface area contributed by atoms with Crippen molar-refractivity contribution in [3.05, 3.63) is 5.01 Å². The normalized spacial score (nSPS) is 19.2. The maximum Gasteiger partial charge on any atom is 0.282 e. The smallest absolute Gasteiger partial charge is 0.282 e. The average Bonchev–Trinajstić information content (AvgIpc) is 2.97. The Hall–Kier alpha value is -1.21. The molecule has 1 aromatic rings. The number of rotatable bonds is 5. The quantitative estimate of drug-likeness (QED) is 0.818. The fourth-order valence-corrected chi connectivity index (χ4v) is 2.35. The molecule has 2 rings (SSSR count). The van der Waals surface area contributed by atoms with Gasteiger partial charge < -0.3 is 15.4 Å². The highest BCUT2D eigenvalue weighted by atomic mass is 32.1. The lowest BCUT2D eigenvalue weighted by molar-refractivity contribution is 0.0857. The number of nitrogens with zero attached hydrogens (tertiary/aromatic N) is 2. The Morgan fingerprint density at radius 3 is 3.18 bits per heavy atom. The second kappa shape index (κ2) is 5.92. The van der Waals surface area contributed by atoms with Crippen LogP contribution in [0.2, 0.25) is 0 Å². The summed E-state index contributed by atoms with van der Waals surface area (Å²) in [5, 5.41) is 14.6. The molecule has 17 heavy (non-hydrogen) atoms. The Morgan fingerprint density at radius 1 is 1.59 bits per heavy atom. The van der Waals surface area contributed by atoms with E-state index in [0.717, 1.165) is 26.0 Å². The fourth-order valence-electron chi connectivity index (χ4n) is 1.63. The zero-order chi connectivity index (χ0) is 12.1. The number of hydrogen-bond acceptors (Lipinski definition) is 6. The van der Waals surface area contributed by atoms with E-state index in [1.807, 2.05) is 6.92 Å². The summed E-state index contributed by atoms with van der Waals surface area (Å²) in [6.07, 6.45) is 2.24. The lowest BCUT2D eigenvalue weighted by Gasteiger charge is -2.08. The van der Waals surface area contributed by atoms with Crippen molar-refractivity contribution < 1.29 is 9.53 Å². The largest absolute Gasteiger partial charge is 0.376 e. The van der Waals surface area contributed by atoms with Crippen LogP contribution >= 0.6 is 11.3 Å². The zero-order valence-electron chi connectivity index (χ0n) is 9.73. The standard InChI is InChI=1S/C10H16N4O2S/c1-2-11-10-14-13-9(17-10)8(15)12-6-7-4-3-5-16-7/h7H,2-6H2,1H3,(H,11,14)(H,12,15). The van der Waals surface area contributed by atoms with Crippen LogP contribution in [0.5, 0.6) is 0 Å². The van der Waals surface area contributed by atoms with Crippen LogP contribution in [0.4, 0.5) is 5.13 Å². The van der Waals surface area contributed by atoms with E-state index in [9.17, 15) is 4.79 Å². The van der Waals surface area contributed by atoms with Crippen LogP contribution in [0.15, 0.2) is 0 Å². The summed E-state index contributed by atoms with van der Waals surface area (Å²) >= 11 is 1.26. The first-order chi connectivity index (χ1) is 8.29. The van der Waals surface area contributed by atoms with Gasteiger partial charge in [-0.1, -0.05) is 11.3 Å². The van der Waals surface area contributed by atoms with Gasteiger partial charge in [0.25, 0.3) is 5.91 Å². The number of amides is 1. The van der Waals surface area contributed by atoms with Crippen LogP contribution in [0, 0.1) is 0 Å². The van der Waals surface area contributed by atoms with Gasteiger partial charge in [-0.3, -0.25) is 4.79 Å². The lowest BCUT2D eigenvalue weighted by Crippen LogP contribution is -2.31. The molecule has 2 N–H and O–H groups in total. The first-order valence-electron chi connectivity index (χ1n) is 5.76. The second-order valence-corrected chi connectivity index (χ2v) is 4.77. The number of nitrogens with one attached hydrogen (secondary N) is 2. The molecule has 1 amide bonds. The molecule has 1 aliphatic heterocycles. The molecule has 1 aliphatic rings. The van der Waals surface area contributed by atoms with E-state index in [1.54, 1.807) is 0 Å². The predicted octanol–water partition coefficient (Wildman–Crippen LogP) is 0.879. The van der Waals surface area contributed by atoms with Crippen molar-refractivity contribution in [1.82, 2.24) is 15.5 Å². The molecule has 1 saturated heterocycles. The number of hydrogen-bond donors (Lipinski definition) is 2. The first kappa shape index (κ1) is 12.3. The average molecular weight is 256 g/mol. The third-order valence-electron chi connectivity index (χ3n) is 2.46. The number of ether oxygens (including phenoxy) is 1. The van der Waals surface area contributed by atoms with Gasteiger partial charge in [-0.25, -0.2) is 0 Å². The Balaban J connectivity index is 1.81. The van der Waals surface area contributed by atoms with E-state index < -0.39 is 0 Å². The SMILES string of the molecule is CCNc1nnc(C(=O)NCC2CCCO2)s1. The number of anilines is 1. The molecule has 1 aromatic heterocycles.